The van der Waals surface area contributed by atoms with Crippen LogP contribution in [0.15, 0.2) is 217 Å². The molecule has 73 heavy (non-hydrogen) atoms. The van der Waals surface area contributed by atoms with Crippen LogP contribution in [0.1, 0.15) is 79.2 Å². The number of hydrogen-bond acceptors (Lipinski definition) is 4. The molecule has 0 saturated carbocycles. The summed E-state index contributed by atoms with van der Waals surface area (Å²) in [6, 6.07) is 51.6. The number of hydrogen-bond donors (Lipinski definition) is 3. The van der Waals surface area contributed by atoms with E-state index in [0.29, 0.717) is 0 Å². The van der Waals surface area contributed by atoms with Crippen molar-refractivity contribution in [1.29, 1.82) is 0 Å². The number of fused-ring (bicyclic) bond motifs is 5. The van der Waals surface area contributed by atoms with Gasteiger partial charge >= 0.3 is 0 Å². The average molecular weight is 945 g/mol. The molecule has 10 unspecified atom stereocenters. The maximum absolute atomic E-state index is 7.72. The Labute approximate surface area is 429 Å². The van der Waals surface area contributed by atoms with E-state index >= 15 is 0 Å². The lowest BCUT2D eigenvalue weighted by atomic mass is 9.49. The molecule has 9 aliphatic rings. The predicted molar refractivity (Wildman–Crippen MR) is 302 cm³/mol. The number of anilines is 1. The van der Waals surface area contributed by atoms with Crippen LogP contribution in [-0.4, -0.2) is 17.6 Å². The van der Waals surface area contributed by atoms with E-state index in [-0.39, 0.29) is 58.8 Å². The second kappa shape index (κ2) is 15.5. The van der Waals surface area contributed by atoms with Gasteiger partial charge in [0.25, 0.3) is 0 Å². The van der Waals surface area contributed by atoms with Crippen molar-refractivity contribution in [3.8, 4) is 22.3 Å². The highest BCUT2D eigenvalue weighted by molar-refractivity contribution is 5.98. The van der Waals surface area contributed by atoms with Crippen molar-refractivity contribution in [3.63, 3.8) is 0 Å². The summed E-state index contributed by atoms with van der Waals surface area (Å²) < 4.78 is 0. The molecule has 11 atom stereocenters. The van der Waals surface area contributed by atoms with Crippen molar-refractivity contribution >= 4 is 35.1 Å². The van der Waals surface area contributed by atoms with Crippen molar-refractivity contribution in [2.24, 2.45) is 34.3 Å². The molecule has 15 rings (SSSR count). The molecular formula is C69H60N4. The number of nitrogens with one attached hydrogen (secondary N) is 2. The first-order valence-electron chi connectivity index (χ1n) is 26.7. The van der Waals surface area contributed by atoms with Crippen molar-refractivity contribution < 1.29 is 0 Å². The molecule has 2 spiro atoms. The van der Waals surface area contributed by atoms with E-state index in [1.807, 2.05) is 0 Å². The van der Waals surface area contributed by atoms with Crippen LogP contribution in [-0.2, 0) is 0 Å². The number of benzene rings is 6. The number of para-hydroxylation sites is 1. The largest absolute Gasteiger partial charge is 0.366 e. The Bertz CT molecular complexity index is 3740. The van der Waals surface area contributed by atoms with E-state index in [0.717, 1.165) is 0 Å². The fourth-order valence-electron chi connectivity index (χ4n) is 15.8. The van der Waals surface area contributed by atoms with Gasteiger partial charge in [-0.15, -0.1) is 0 Å². The number of rotatable bonds is 6. The van der Waals surface area contributed by atoms with E-state index in [2.05, 4.69) is 262 Å². The monoisotopic (exact) mass is 944 g/mol. The summed E-state index contributed by atoms with van der Waals surface area (Å²) >= 11 is 0. The Kier molecular flexibility index (Phi) is 9.16. The van der Waals surface area contributed by atoms with Gasteiger partial charge in [0.1, 0.15) is 6.17 Å². The van der Waals surface area contributed by atoms with Crippen LogP contribution in [0.3, 0.4) is 0 Å². The summed E-state index contributed by atoms with van der Waals surface area (Å²) in [6.45, 7) is 10.0. The SMILES string of the molecule is CC1C=c2ccc3c4c2=CC12C([C@@H]1N(c5ccccc5)C5C=CC=CC51N)=CC=C(c1ccc5c(c1-4)C(C)C1(C=C5)C(C4=CC(c5ccc(-c6ccccc6)cc5)NC(c5ccccc5)N4)=CC=C3C1C)C2C. The molecule has 2 heterocycles. The topological polar surface area (TPSA) is 53.3 Å². The highest BCUT2D eigenvalue weighted by Crippen LogP contribution is 2.66. The Morgan fingerprint density at radius 2 is 1.27 bits per heavy atom. The standard InChI is InChI=1S/C69H60N4/c1-41-38-50-28-30-54-52-31-33-57(60-39-59(71-66(72-60)49-18-10-6-11-19-49)47-25-23-46(24-26-47)45-16-8-5-9-17-45)67(42(52)2)37-35-48-27-29-55-53-32-34-58(68(41,43(53)3)40-56(50)63(54)64(55)62(48)44(67)4)65-69(70)36-15-14-22-61(69)73(65)51-20-12-7-13-21-51/h5-44,59,61,65-66,71-72H,70H2,1-4H3/t41?,42?,43?,44?,59?,61?,65-,66?,67?,68?,69?/m0/s1. The summed E-state index contributed by atoms with van der Waals surface area (Å²) in [7, 11) is 0. The molecular weight excluding hydrogens is 885 g/mol. The number of nitrogens with zero attached hydrogens (tertiary/aromatic N) is 1. The summed E-state index contributed by atoms with van der Waals surface area (Å²) in [5.41, 5.74) is 27.8. The van der Waals surface area contributed by atoms with E-state index in [4.69, 9.17) is 5.73 Å². The minimum absolute atomic E-state index is 0.0160. The molecule has 2 aliphatic heterocycles. The van der Waals surface area contributed by atoms with Crippen LogP contribution < -0.4 is 31.7 Å². The second-order valence-electron chi connectivity index (χ2n) is 22.4. The Morgan fingerprint density at radius 3 is 2.05 bits per heavy atom. The Morgan fingerprint density at radius 1 is 0.589 bits per heavy atom. The van der Waals surface area contributed by atoms with Gasteiger partial charge in [0.05, 0.1) is 23.7 Å². The summed E-state index contributed by atoms with van der Waals surface area (Å²) in [5.74, 6) is 0.732. The zero-order valence-electron chi connectivity index (χ0n) is 41.9. The van der Waals surface area contributed by atoms with Crippen molar-refractivity contribution in [2.75, 3.05) is 4.90 Å². The van der Waals surface area contributed by atoms with Crippen molar-refractivity contribution in [1.82, 2.24) is 10.6 Å². The quantitative estimate of drug-likeness (QED) is 0.156. The molecule has 1 fully saturated rings. The zero-order chi connectivity index (χ0) is 49.0. The first-order valence-corrected chi connectivity index (χ1v) is 26.7. The van der Waals surface area contributed by atoms with Crippen LogP contribution in [0.5, 0.6) is 0 Å². The van der Waals surface area contributed by atoms with E-state index in [9.17, 15) is 0 Å². The van der Waals surface area contributed by atoms with Crippen LogP contribution in [0.25, 0.3) is 51.6 Å². The molecule has 6 aromatic carbocycles. The van der Waals surface area contributed by atoms with Gasteiger partial charge in [0, 0.05) is 22.2 Å². The lowest BCUT2D eigenvalue weighted by Crippen LogP contribution is -2.81. The van der Waals surface area contributed by atoms with Gasteiger partial charge in [0.2, 0.25) is 0 Å². The minimum atomic E-state index is -0.542. The number of nitrogens with two attached hydrogens (primary N) is 1. The fraction of sp³-hybridized carbons (Fsp3) is 0.217. The zero-order valence-corrected chi connectivity index (χ0v) is 41.9. The first-order chi connectivity index (χ1) is 35.7. The maximum atomic E-state index is 7.72. The molecule has 4 heteroatoms. The van der Waals surface area contributed by atoms with Crippen LogP contribution >= 0.6 is 0 Å². The molecule has 4 nitrogen and oxygen atoms in total. The van der Waals surface area contributed by atoms with Crippen molar-refractivity contribution in [3.05, 3.63) is 261 Å². The van der Waals surface area contributed by atoms with Gasteiger partial charge in [-0.05, 0) is 130 Å². The van der Waals surface area contributed by atoms with Gasteiger partial charge in [-0.3, -0.25) is 5.32 Å². The van der Waals surface area contributed by atoms with Crippen LogP contribution in [0, 0.1) is 28.6 Å². The Hall–Kier alpha value is -7.50. The highest BCUT2D eigenvalue weighted by atomic mass is 15.3. The van der Waals surface area contributed by atoms with E-state index in [1.165, 1.54) is 99.7 Å². The van der Waals surface area contributed by atoms with Gasteiger partial charge in [-0.2, -0.15) is 0 Å². The normalized spacial score (nSPS) is 32.0. The summed E-state index contributed by atoms with van der Waals surface area (Å²) in [6.07, 6.45) is 31.8. The van der Waals surface area contributed by atoms with Crippen LogP contribution in [0.2, 0.25) is 0 Å². The maximum Gasteiger partial charge on any atom is 0.104 e. The Balaban J connectivity index is 0.939. The third-order valence-corrected chi connectivity index (χ3v) is 19.4. The summed E-state index contributed by atoms with van der Waals surface area (Å²) in [4.78, 5) is 2.60. The third-order valence-electron chi connectivity index (χ3n) is 19.4. The van der Waals surface area contributed by atoms with E-state index < -0.39 is 5.54 Å². The van der Waals surface area contributed by atoms with Crippen molar-refractivity contribution in [2.45, 2.75) is 63.4 Å². The molecule has 0 amide bonds. The summed E-state index contributed by atoms with van der Waals surface area (Å²) in [5, 5.41) is 10.9. The molecule has 1 saturated heterocycles. The average Bonchev–Trinajstić information content (AvgIpc) is 3.42. The third kappa shape index (κ3) is 5.74. The van der Waals surface area contributed by atoms with E-state index in [1.54, 1.807) is 0 Å². The first kappa shape index (κ1) is 43.1. The molecule has 6 aromatic rings. The van der Waals surface area contributed by atoms with Gasteiger partial charge in [-0.1, -0.05) is 228 Å². The molecule has 356 valence electrons. The van der Waals surface area contributed by atoms with Gasteiger partial charge in [0.15, 0.2) is 0 Å². The fourth-order valence-corrected chi connectivity index (χ4v) is 15.8. The number of allylic oxidation sites excluding steroid dienone is 10. The molecule has 0 aromatic heterocycles. The molecule has 7 aliphatic carbocycles. The molecule has 0 radical (unpaired) electrons. The lowest BCUT2D eigenvalue weighted by Gasteiger charge is -2.66. The predicted octanol–water partition coefficient (Wildman–Crippen LogP) is 12.9. The minimum Gasteiger partial charge on any atom is -0.366 e. The molecule has 4 N–H and O–H groups in total. The molecule has 6 bridgehead atoms. The smallest absolute Gasteiger partial charge is 0.104 e. The van der Waals surface area contributed by atoms with Gasteiger partial charge < -0.3 is 16.0 Å². The van der Waals surface area contributed by atoms with Crippen LogP contribution in [0.4, 0.5) is 5.69 Å². The van der Waals surface area contributed by atoms with Gasteiger partial charge in [-0.25, -0.2) is 0 Å². The lowest BCUT2D eigenvalue weighted by molar-refractivity contribution is 0.209. The second-order valence-corrected chi connectivity index (χ2v) is 22.4. The highest BCUT2D eigenvalue weighted by Gasteiger charge is 2.63.